The highest BCUT2D eigenvalue weighted by Gasteiger charge is 2.59. The summed E-state index contributed by atoms with van der Waals surface area (Å²) >= 11 is 11.9. The minimum absolute atomic E-state index is 0.0654. The summed E-state index contributed by atoms with van der Waals surface area (Å²) in [6.07, 6.45) is -4.49. The minimum Gasteiger partial charge on any atom is -0.370 e. The van der Waals surface area contributed by atoms with Crippen molar-refractivity contribution < 1.29 is 13.2 Å². The van der Waals surface area contributed by atoms with Crippen molar-refractivity contribution in [3.05, 3.63) is 58.1 Å². The van der Waals surface area contributed by atoms with Gasteiger partial charge in [-0.05, 0) is 54.4 Å². The van der Waals surface area contributed by atoms with Crippen LogP contribution in [0.2, 0.25) is 10.0 Å². The second kappa shape index (κ2) is 6.59. The van der Waals surface area contributed by atoms with E-state index in [1.807, 2.05) is 0 Å². The molecule has 2 aromatic rings. The molecule has 1 atom stereocenters. The molecule has 1 fully saturated rings. The number of hydrazine groups is 1. The molecule has 0 radical (unpaired) electrons. The van der Waals surface area contributed by atoms with Gasteiger partial charge in [-0.2, -0.15) is 13.2 Å². The van der Waals surface area contributed by atoms with E-state index < -0.39 is 11.6 Å². The third-order valence-corrected chi connectivity index (χ3v) is 5.06. The summed E-state index contributed by atoms with van der Waals surface area (Å²) in [7, 11) is 0. The smallest absolute Gasteiger partial charge is 0.370 e. The lowest BCUT2D eigenvalue weighted by atomic mass is 9.79. The van der Waals surface area contributed by atoms with Crippen molar-refractivity contribution in [2.45, 2.75) is 18.0 Å². The van der Waals surface area contributed by atoms with Gasteiger partial charge in [-0.3, -0.25) is 5.84 Å². The summed E-state index contributed by atoms with van der Waals surface area (Å²) in [5.41, 5.74) is 1.98. The SMILES string of the molecule is NNc1ccc(N2CCC(c3cc(Cl)cc(Cl)c3)(C(F)(F)F)C2)cc1. The van der Waals surface area contributed by atoms with Crippen LogP contribution in [0.3, 0.4) is 0 Å². The molecule has 3 N–H and O–H groups in total. The number of nitrogens with one attached hydrogen (secondary N) is 1. The molecule has 0 aromatic heterocycles. The third kappa shape index (κ3) is 3.38. The molecule has 1 aliphatic rings. The van der Waals surface area contributed by atoms with Crippen LogP contribution in [0.25, 0.3) is 0 Å². The van der Waals surface area contributed by atoms with E-state index in [0.29, 0.717) is 11.4 Å². The fourth-order valence-electron chi connectivity index (χ4n) is 3.26. The minimum atomic E-state index is -4.42. The van der Waals surface area contributed by atoms with Crippen molar-refractivity contribution in [3.8, 4) is 0 Å². The molecule has 0 aliphatic carbocycles. The normalized spacial score (nSPS) is 20.8. The molecular weight excluding hydrogens is 374 g/mol. The van der Waals surface area contributed by atoms with Crippen LogP contribution in [0, 0.1) is 0 Å². The van der Waals surface area contributed by atoms with Crippen molar-refractivity contribution >= 4 is 34.6 Å². The molecule has 0 saturated carbocycles. The second-order valence-electron chi connectivity index (χ2n) is 6.10. The van der Waals surface area contributed by atoms with Gasteiger partial charge in [0.2, 0.25) is 0 Å². The van der Waals surface area contributed by atoms with E-state index in [9.17, 15) is 13.2 Å². The zero-order valence-electron chi connectivity index (χ0n) is 13.1. The average molecular weight is 390 g/mol. The van der Waals surface area contributed by atoms with Crippen LogP contribution in [0.1, 0.15) is 12.0 Å². The first-order valence-corrected chi connectivity index (χ1v) is 8.36. The fourth-order valence-corrected chi connectivity index (χ4v) is 3.79. The molecule has 25 heavy (non-hydrogen) atoms. The molecule has 3 nitrogen and oxygen atoms in total. The van der Waals surface area contributed by atoms with Gasteiger partial charge in [-0.1, -0.05) is 23.2 Å². The number of nitrogens with zero attached hydrogens (tertiary/aromatic N) is 1. The van der Waals surface area contributed by atoms with E-state index in [4.69, 9.17) is 29.0 Å². The van der Waals surface area contributed by atoms with E-state index >= 15 is 0 Å². The highest BCUT2D eigenvalue weighted by molar-refractivity contribution is 6.34. The molecule has 8 heteroatoms. The van der Waals surface area contributed by atoms with Crippen LogP contribution < -0.4 is 16.2 Å². The predicted molar refractivity (Wildman–Crippen MR) is 95.3 cm³/mol. The Balaban J connectivity index is 1.98. The van der Waals surface area contributed by atoms with Crippen LogP contribution in [0.15, 0.2) is 42.5 Å². The van der Waals surface area contributed by atoms with E-state index in [1.165, 1.54) is 18.2 Å². The van der Waals surface area contributed by atoms with Crippen molar-refractivity contribution in [1.29, 1.82) is 0 Å². The van der Waals surface area contributed by atoms with Gasteiger partial charge in [0, 0.05) is 34.5 Å². The second-order valence-corrected chi connectivity index (χ2v) is 6.97. The third-order valence-electron chi connectivity index (χ3n) is 4.63. The summed E-state index contributed by atoms with van der Waals surface area (Å²) in [6.45, 7) is 0.0849. The Labute approximate surface area is 153 Å². The van der Waals surface area contributed by atoms with Gasteiger partial charge in [0.1, 0.15) is 5.41 Å². The molecular formula is C17H16Cl2F3N3. The Kier molecular flexibility index (Phi) is 4.79. The lowest BCUT2D eigenvalue weighted by Gasteiger charge is -2.33. The molecule has 3 rings (SSSR count). The standard InChI is InChI=1S/C17H16Cl2F3N3/c18-12-7-11(8-13(19)9-12)16(17(20,21)22)5-6-25(10-16)15-3-1-14(24-23)2-4-15/h1-4,7-9,24H,5-6,10,23H2. The molecule has 1 aliphatic heterocycles. The lowest BCUT2D eigenvalue weighted by molar-refractivity contribution is -0.184. The molecule has 0 bridgehead atoms. The lowest BCUT2D eigenvalue weighted by Crippen LogP contribution is -2.44. The van der Waals surface area contributed by atoms with Crippen LogP contribution in [-0.2, 0) is 5.41 Å². The van der Waals surface area contributed by atoms with Gasteiger partial charge < -0.3 is 10.3 Å². The zero-order valence-corrected chi connectivity index (χ0v) is 14.6. The van der Waals surface area contributed by atoms with Crippen molar-refractivity contribution in [2.24, 2.45) is 5.84 Å². The summed E-state index contributed by atoms with van der Waals surface area (Å²) in [4.78, 5) is 1.71. The maximum Gasteiger partial charge on any atom is 0.400 e. The number of benzene rings is 2. The van der Waals surface area contributed by atoms with E-state index in [1.54, 1.807) is 29.2 Å². The summed E-state index contributed by atoms with van der Waals surface area (Å²) in [5, 5.41) is 0.394. The van der Waals surface area contributed by atoms with Crippen LogP contribution >= 0.6 is 23.2 Å². The Morgan fingerprint density at radius 2 is 1.64 bits per heavy atom. The van der Waals surface area contributed by atoms with Crippen molar-refractivity contribution in [2.75, 3.05) is 23.4 Å². The van der Waals surface area contributed by atoms with Crippen LogP contribution in [0.4, 0.5) is 24.5 Å². The molecule has 1 heterocycles. The molecule has 134 valence electrons. The van der Waals surface area contributed by atoms with Crippen molar-refractivity contribution in [1.82, 2.24) is 0 Å². The zero-order chi connectivity index (χ0) is 18.2. The highest BCUT2D eigenvalue weighted by Crippen LogP contribution is 2.49. The van der Waals surface area contributed by atoms with Crippen LogP contribution in [0.5, 0.6) is 0 Å². The molecule has 1 unspecified atom stereocenters. The van der Waals surface area contributed by atoms with Gasteiger partial charge >= 0.3 is 6.18 Å². The van der Waals surface area contributed by atoms with Gasteiger partial charge in [0.25, 0.3) is 0 Å². The largest absolute Gasteiger partial charge is 0.400 e. The Bertz CT molecular complexity index is 744. The monoisotopic (exact) mass is 389 g/mol. The molecule has 2 aromatic carbocycles. The summed E-state index contributed by atoms with van der Waals surface area (Å²) in [6, 6.07) is 11.1. The first kappa shape index (κ1) is 18.2. The van der Waals surface area contributed by atoms with Crippen LogP contribution in [-0.4, -0.2) is 19.3 Å². The molecule has 1 saturated heterocycles. The number of halogens is 5. The first-order valence-electron chi connectivity index (χ1n) is 7.60. The topological polar surface area (TPSA) is 41.3 Å². The van der Waals surface area contributed by atoms with E-state index in [-0.39, 0.29) is 35.1 Å². The number of hydrogen-bond acceptors (Lipinski definition) is 3. The predicted octanol–water partition coefficient (Wildman–Crippen LogP) is 4.99. The molecule has 0 spiro atoms. The Morgan fingerprint density at radius 3 is 2.16 bits per heavy atom. The summed E-state index contributed by atoms with van der Waals surface area (Å²) < 4.78 is 42.1. The number of anilines is 2. The number of alkyl halides is 3. The number of nitrogens with two attached hydrogens (primary N) is 1. The van der Waals surface area contributed by atoms with E-state index in [0.717, 1.165) is 0 Å². The molecule has 0 amide bonds. The maximum absolute atomic E-state index is 14.0. The Morgan fingerprint density at radius 1 is 1.04 bits per heavy atom. The van der Waals surface area contributed by atoms with Gasteiger partial charge in [-0.25, -0.2) is 0 Å². The van der Waals surface area contributed by atoms with Gasteiger partial charge in [0.15, 0.2) is 0 Å². The number of hydrogen-bond donors (Lipinski definition) is 2. The quantitative estimate of drug-likeness (QED) is 0.573. The Hall–Kier alpha value is -1.63. The van der Waals surface area contributed by atoms with Crippen molar-refractivity contribution in [3.63, 3.8) is 0 Å². The average Bonchev–Trinajstić information content (AvgIpc) is 3.00. The van der Waals surface area contributed by atoms with Gasteiger partial charge in [0.05, 0.1) is 0 Å². The highest BCUT2D eigenvalue weighted by atomic mass is 35.5. The number of nitrogen functional groups attached to an aromatic ring is 1. The summed E-state index contributed by atoms with van der Waals surface area (Å²) in [5.74, 6) is 5.32. The fraction of sp³-hybridized carbons (Fsp3) is 0.294. The maximum atomic E-state index is 14.0. The first-order chi connectivity index (χ1) is 11.7. The van der Waals surface area contributed by atoms with Gasteiger partial charge in [-0.15, -0.1) is 0 Å². The number of rotatable bonds is 3. The van der Waals surface area contributed by atoms with E-state index in [2.05, 4.69) is 5.43 Å².